The van der Waals surface area contributed by atoms with Crippen LogP contribution in [-0.2, 0) is 33.7 Å². The molecule has 2 amide bonds. The topological polar surface area (TPSA) is 152 Å². The number of halogens is 7. The number of H-pyrrole nitrogens is 1. The Balaban J connectivity index is 1.19. The van der Waals surface area contributed by atoms with Crippen molar-refractivity contribution in [2.75, 3.05) is 0 Å². The first-order chi connectivity index (χ1) is 25.9. The van der Waals surface area contributed by atoms with Crippen LogP contribution in [-0.4, -0.2) is 49.9 Å². The molecule has 3 heterocycles. The molecule has 0 aliphatic heterocycles. The van der Waals surface area contributed by atoms with Crippen molar-refractivity contribution in [3.8, 4) is 11.1 Å². The van der Waals surface area contributed by atoms with Crippen LogP contribution < -0.4 is 10.0 Å². The van der Waals surface area contributed by atoms with Crippen molar-refractivity contribution in [3.63, 3.8) is 0 Å². The van der Waals surface area contributed by atoms with Crippen LogP contribution in [0.25, 0.3) is 22.2 Å². The molecule has 0 spiro atoms. The molecule has 4 atom stereocenters. The minimum absolute atomic E-state index is 0.0538. The van der Waals surface area contributed by atoms with Gasteiger partial charge in [0.05, 0.1) is 38.8 Å². The van der Waals surface area contributed by atoms with Crippen LogP contribution in [0.2, 0.25) is 5.02 Å². The van der Waals surface area contributed by atoms with E-state index in [-0.39, 0.29) is 50.5 Å². The number of carbonyl (C=O) groups excluding carboxylic acids is 2. The number of benzene rings is 2. The lowest BCUT2D eigenvalue weighted by Crippen LogP contribution is -2.38. The van der Waals surface area contributed by atoms with Crippen LogP contribution in [0.3, 0.4) is 0 Å². The summed E-state index contributed by atoms with van der Waals surface area (Å²) in [6, 6.07) is 7.11. The molecule has 0 bridgehead atoms. The summed E-state index contributed by atoms with van der Waals surface area (Å²) in [5.74, 6) is -9.91. The van der Waals surface area contributed by atoms with Gasteiger partial charge < -0.3 is 5.32 Å². The number of nitrogens with one attached hydrogen (secondary N) is 3. The van der Waals surface area contributed by atoms with E-state index in [1.807, 2.05) is 0 Å². The fourth-order valence-electron chi connectivity index (χ4n) is 7.63. The zero-order chi connectivity index (χ0) is 39.4. The van der Waals surface area contributed by atoms with Gasteiger partial charge in [0.15, 0.2) is 0 Å². The Morgan fingerprint density at radius 2 is 1.78 bits per heavy atom. The Morgan fingerprint density at radius 3 is 2.45 bits per heavy atom. The van der Waals surface area contributed by atoms with Crippen LogP contribution in [0.15, 0.2) is 48.7 Å². The third-order valence-electron chi connectivity index (χ3n) is 10.8. The summed E-state index contributed by atoms with van der Waals surface area (Å²) in [6.45, 7) is 2.14. The van der Waals surface area contributed by atoms with Crippen LogP contribution >= 0.6 is 11.6 Å². The van der Waals surface area contributed by atoms with E-state index in [1.54, 1.807) is 13.0 Å². The molecule has 3 N–H and O–H groups in total. The third-order valence-corrected chi connectivity index (χ3v) is 13.3. The fraction of sp³-hybridized carbons (Fsp3) is 0.361. The number of hydrogen-bond donors (Lipinski definition) is 3. The molecule has 3 aliphatic carbocycles. The molecule has 8 rings (SSSR count). The Bertz CT molecular complexity index is 2520. The minimum atomic E-state index is -4.06. The molecule has 288 valence electrons. The fourth-order valence-corrected chi connectivity index (χ4v) is 9.07. The smallest absolute Gasteiger partial charge is 0.293 e. The molecule has 2 fully saturated rings. The molecule has 55 heavy (non-hydrogen) atoms. The molecule has 11 nitrogen and oxygen atoms in total. The van der Waals surface area contributed by atoms with Crippen LogP contribution in [0.5, 0.6) is 0 Å². The second-order valence-corrected chi connectivity index (χ2v) is 17.1. The van der Waals surface area contributed by atoms with E-state index in [1.165, 1.54) is 31.3 Å². The number of aromatic amines is 1. The average Bonchev–Trinajstić information content (AvgIpc) is 3.83. The number of carbonyl (C=O) groups is 2. The Hall–Kier alpha value is -4.97. The third kappa shape index (κ3) is 6.32. The second kappa shape index (κ2) is 12.8. The number of alkyl halides is 4. The highest BCUT2D eigenvalue weighted by Gasteiger charge is 2.71. The maximum Gasteiger partial charge on any atom is 0.293 e. The molecule has 0 radical (unpaired) electrons. The highest BCUT2D eigenvalue weighted by molar-refractivity contribution is 7.91. The normalized spacial score (nSPS) is 20.9. The van der Waals surface area contributed by atoms with Gasteiger partial charge in [-0.15, -0.1) is 0 Å². The van der Waals surface area contributed by atoms with Crippen molar-refractivity contribution in [2.45, 2.75) is 68.7 Å². The van der Waals surface area contributed by atoms with Gasteiger partial charge in [0.1, 0.15) is 35.1 Å². The van der Waals surface area contributed by atoms with E-state index in [9.17, 15) is 35.6 Å². The summed E-state index contributed by atoms with van der Waals surface area (Å²) in [7, 11) is -4.06. The van der Waals surface area contributed by atoms with Gasteiger partial charge in [-0.1, -0.05) is 24.6 Å². The summed E-state index contributed by atoms with van der Waals surface area (Å²) < 4.78 is 115. The number of aromatic nitrogens is 5. The van der Waals surface area contributed by atoms with Gasteiger partial charge in [-0.25, -0.2) is 35.7 Å². The first kappa shape index (κ1) is 37.0. The molecule has 2 aromatic carbocycles. The second-order valence-electron chi connectivity index (χ2n) is 14.5. The van der Waals surface area contributed by atoms with Gasteiger partial charge in [-0.3, -0.25) is 19.4 Å². The zero-order valence-corrected chi connectivity index (χ0v) is 30.4. The number of pyridine rings is 1. The highest BCUT2D eigenvalue weighted by atomic mass is 35.5. The molecule has 0 saturated heterocycles. The number of rotatable bonds is 11. The van der Waals surface area contributed by atoms with Crippen molar-refractivity contribution in [1.29, 1.82) is 0 Å². The summed E-state index contributed by atoms with van der Waals surface area (Å²) in [4.78, 5) is 31.8. The Labute approximate surface area is 313 Å². The average molecular weight is 806 g/mol. The quantitative estimate of drug-likeness (QED) is 0.124. The van der Waals surface area contributed by atoms with Crippen molar-refractivity contribution in [2.24, 2.45) is 11.8 Å². The van der Waals surface area contributed by atoms with E-state index in [0.717, 1.165) is 12.1 Å². The van der Waals surface area contributed by atoms with E-state index in [4.69, 9.17) is 11.6 Å². The molecule has 19 heteroatoms. The van der Waals surface area contributed by atoms with E-state index in [0.29, 0.717) is 29.1 Å². The van der Waals surface area contributed by atoms with Crippen LogP contribution in [0.1, 0.15) is 83.6 Å². The molecule has 2 unspecified atom stereocenters. The predicted octanol–water partition coefficient (Wildman–Crippen LogP) is 6.86. The lowest BCUT2D eigenvalue weighted by atomic mass is 9.94. The van der Waals surface area contributed by atoms with Gasteiger partial charge in [0.25, 0.3) is 18.3 Å². The molecule has 3 aromatic heterocycles. The van der Waals surface area contributed by atoms with Crippen molar-refractivity contribution < 1.29 is 44.3 Å². The maximum absolute atomic E-state index is 15.5. The molecular formula is C36H30ClF6N7O4S. The molecular weight excluding hydrogens is 776 g/mol. The van der Waals surface area contributed by atoms with E-state index in [2.05, 4.69) is 30.3 Å². The Morgan fingerprint density at radius 1 is 1.07 bits per heavy atom. The summed E-state index contributed by atoms with van der Waals surface area (Å²) in [5.41, 5.74) is -0.809. The van der Waals surface area contributed by atoms with Crippen molar-refractivity contribution >= 4 is 44.5 Å². The van der Waals surface area contributed by atoms with Gasteiger partial charge in [0.2, 0.25) is 15.9 Å². The lowest BCUT2D eigenvalue weighted by molar-refractivity contribution is -0.123. The summed E-state index contributed by atoms with van der Waals surface area (Å²) >= 11 is 6.38. The zero-order valence-electron chi connectivity index (χ0n) is 28.8. The predicted molar refractivity (Wildman–Crippen MR) is 186 cm³/mol. The minimum Gasteiger partial charge on any atom is -0.346 e. The standard InChI is InChI=1S/C36H30ClF6N7O4S/c1-15-27-28-31(33(40)41)48-50(32(28)36(42,43)29(15)27)14-26(51)45-24(9-16-7-18(38)11-19(39)8-16)30-20(12-23-25(46-30)13-44-47-23)17-3-4-22(37)21(10-17)34(52)49-55(53,54)35(2)5-6-35/h3-4,7-8,10-13,15,24,27,29,33H,5-6,9,14H2,1-2H3,(H,44,47)(H,45,51)(H,49,52)/t15-,24+,27?,29?/m1/s1. The molecule has 5 aromatic rings. The van der Waals surface area contributed by atoms with Gasteiger partial charge in [-0.05, 0) is 73.6 Å². The number of nitrogens with zero attached hydrogens (tertiary/aromatic N) is 4. The molecule has 3 aliphatic rings. The molecule has 2 saturated carbocycles. The maximum atomic E-state index is 15.5. The van der Waals surface area contributed by atoms with Crippen molar-refractivity contribution in [1.82, 2.24) is 35.0 Å². The van der Waals surface area contributed by atoms with Crippen LogP contribution in [0, 0.1) is 23.5 Å². The largest absolute Gasteiger partial charge is 0.346 e. The van der Waals surface area contributed by atoms with E-state index < -0.39 is 92.3 Å². The van der Waals surface area contributed by atoms with Crippen molar-refractivity contribution in [3.05, 3.63) is 99.1 Å². The van der Waals surface area contributed by atoms with Gasteiger partial charge in [-0.2, -0.15) is 19.0 Å². The number of amides is 2. The number of hydrogen-bond acceptors (Lipinski definition) is 7. The number of fused-ring (bicyclic) bond motifs is 4. The Kier molecular flexibility index (Phi) is 8.60. The van der Waals surface area contributed by atoms with E-state index >= 15 is 8.78 Å². The highest BCUT2D eigenvalue weighted by Crippen LogP contribution is 2.71. The lowest BCUT2D eigenvalue weighted by Gasteiger charge is -2.23. The monoisotopic (exact) mass is 805 g/mol. The number of sulfonamides is 1. The van der Waals surface area contributed by atoms with Crippen LogP contribution in [0.4, 0.5) is 26.3 Å². The van der Waals surface area contributed by atoms with Gasteiger partial charge in [0, 0.05) is 29.0 Å². The summed E-state index contributed by atoms with van der Waals surface area (Å²) in [5, 5.41) is 13.1. The SMILES string of the molecule is C[C@@H]1C2c3c(C(F)F)nn(CC(=O)N[C@@H](Cc4cc(F)cc(F)c4)c4nc5cn[nH]c5cc4-c4ccc(Cl)c(C(=O)NS(=O)(=O)C5(C)CC5)c4)c3C(F)(F)C21. The first-order valence-corrected chi connectivity index (χ1v) is 19.0. The summed E-state index contributed by atoms with van der Waals surface area (Å²) in [6.07, 6.45) is -1.40. The van der Waals surface area contributed by atoms with Gasteiger partial charge >= 0.3 is 0 Å². The first-order valence-electron chi connectivity index (χ1n) is 17.1.